The normalized spacial score (nSPS) is 10.7. The van der Waals surface area contributed by atoms with E-state index in [1.807, 2.05) is 0 Å². The fourth-order valence-corrected chi connectivity index (χ4v) is 2.13. The third kappa shape index (κ3) is 2.77. The molecule has 1 aromatic carbocycles. The maximum atomic E-state index is 10.6. The van der Waals surface area contributed by atoms with E-state index in [0.717, 1.165) is 5.56 Å². The summed E-state index contributed by atoms with van der Waals surface area (Å²) in [5.74, 6) is 0.702. The van der Waals surface area contributed by atoms with E-state index in [0.29, 0.717) is 23.2 Å². The van der Waals surface area contributed by atoms with Crippen molar-refractivity contribution in [3.05, 3.63) is 63.4 Å². The summed E-state index contributed by atoms with van der Waals surface area (Å²) < 4.78 is 1.64. The van der Waals surface area contributed by atoms with Gasteiger partial charge in [0.2, 0.25) is 0 Å². The van der Waals surface area contributed by atoms with Crippen LogP contribution in [0.2, 0.25) is 5.15 Å². The molecule has 0 spiro atoms. The zero-order valence-electron chi connectivity index (χ0n) is 10.7. The lowest BCUT2D eigenvalue weighted by Gasteiger charge is -2.08. The summed E-state index contributed by atoms with van der Waals surface area (Å²) in [5, 5.41) is 18.3. The van der Waals surface area contributed by atoms with Crippen LogP contribution in [0.3, 0.4) is 0 Å². The third-order valence-corrected chi connectivity index (χ3v) is 3.14. The van der Waals surface area contributed by atoms with E-state index in [9.17, 15) is 10.1 Å². The summed E-state index contributed by atoms with van der Waals surface area (Å²) in [6.07, 6.45) is 1.63. The van der Waals surface area contributed by atoms with Crippen molar-refractivity contribution >= 4 is 28.8 Å². The summed E-state index contributed by atoms with van der Waals surface area (Å²) >= 11 is 5.95. The summed E-state index contributed by atoms with van der Waals surface area (Å²) in [6, 6.07) is 9.78. The molecule has 21 heavy (non-hydrogen) atoms. The molecule has 0 fully saturated rings. The molecule has 3 rings (SSSR count). The van der Waals surface area contributed by atoms with E-state index in [-0.39, 0.29) is 5.69 Å². The molecule has 2 aromatic heterocycles. The van der Waals surface area contributed by atoms with Gasteiger partial charge >= 0.3 is 0 Å². The first-order valence-electron chi connectivity index (χ1n) is 6.11. The second-order valence-corrected chi connectivity index (χ2v) is 4.73. The Balaban J connectivity index is 1.80. The van der Waals surface area contributed by atoms with Crippen LogP contribution in [0.5, 0.6) is 0 Å². The molecule has 0 saturated heterocycles. The van der Waals surface area contributed by atoms with Gasteiger partial charge in [-0.2, -0.15) is 9.61 Å². The average Bonchev–Trinajstić information content (AvgIpc) is 2.93. The number of nitro groups is 1. The molecule has 0 bridgehead atoms. The average molecular weight is 304 g/mol. The highest BCUT2D eigenvalue weighted by atomic mass is 35.5. The lowest BCUT2D eigenvalue weighted by molar-refractivity contribution is -0.384. The Morgan fingerprint density at radius 1 is 1.29 bits per heavy atom. The van der Waals surface area contributed by atoms with Crippen LogP contribution < -0.4 is 5.32 Å². The van der Waals surface area contributed by atoms with E-state index >= 15 is 0 Å². The van der Waals surface area contributed by atoms with Crippen molar-refractivity contribution in [2.24, 2.45) is 0 Å². The highest BCUT2D eigenvalue weighted by molar-refractivity contribution is 6.29. The van der Waals surface area contributed by atoms with Gasteiger partial charge in [-0.05, 0) is 5.56 Å². The molecule has 0 aliphatic carbocycles. The highest BCUT2D eigenvalue weighted by Crippen LogP contribution is 2.17. The van der Waals surface area contributed by atoms with Crippen molar-refractivity contribution in [2.75, 3.05) is 5.32 Å². The van der Waals surface area contributed by atoms with Crippen molar-refractivity contribution in [1.82, 2.24) is 14.6 Å². The molecule has 0 aliphatic rings. The summed E-state index contributed by atoms with van der Waals surface area (Å²) in [6.45, 7) is 0.493. The number of fused-ring (bicyclic) bond motifs is 1. The first-order valence-corrected chi connectivity index (χ1v) is 6.49. The first kappa shape index (κ1) is 13.3. The molecule has 3 aromatic rings. The number of hydrogen-bond donors (Lipinski definition) is 1. The van der Waals surface area contributed by atoms with Crippen LogP contribution >= 0.6 is 11.6 Å². The van der Waals surface area contributed by atoms with Gasteiger partial charge in [-0.1, -0.05) is 23.7 Å². The molecular formula is C13H10ClN5O2. The zero-order valence-corrected chi connectivity index (χ0v) is 11.5. The minimum atomic E-state index is -0.423. The van der Waals surface area contributed by atoms with Gasteiger partial charge in [0.05, 0.1) is 11.1 Å². The molecule has 2 heterocycles. The van der Waals surface area contributed by atoms with Gasteiger partial charge in [-0.3, -0.25) is 10.1 Å². The molecule has 0 aliphatic heterocycles. The van der Waals surface area contributed by atoms with E-state index in [1.165, 1.54) is 12.1 Å². The molecule has 0 atom stereocenters. The smallest absolute Gasteiger partial charge is 0.269 e. The molecule has 0 unspecified atom stereocenters. The Bertz CT molecular complexity index is 800. The number of halogens is 1. The van der Waals surface area contributed by atoms with E-state index in [4.69, 9.17) is 11.6 Å². The van der Waals surface area contributed by atoms with E-state index in [1.54, 1.807) is 35.0 Å². The second-order valence-electron chi connectivity index (χ2n) is 4.34. The summed E-state index contributed by atoms with van der Waals surface area (Å²) in [4.78, 5) is 14.3. The highest BCUT2D eigenvalue weighted by Gasteiger charge is 2.06. The van der Waals surface area contributed by atoms with Crippen molar-refractivity contribution in [2.45, 2.75) is 6.54 Å². The van der Waals surface area contributed by atoms with Gasteiger partial charge in [0.1, 0.15) is 11.0 Å². The van der Waals surface area contributed by atoms with Crippen molar-refractivity contribution < 1.29 is 4.92 Å². The molecule has 7 nitrogen and oxygen atoms in total. The molecule has 0 saturated carbocycles. The molecule has 8 heteroatoms. The predicted octanol–water partition coefficient (Wildman–Crippen LogP) is 2.90. The monoisotopic (exact) mass is 303 g/mol. The van der Waals surface area contributed by atoms with Crippen molar-refractivity contribution in [1.29, 1.82) is 0 Å². The lowest BCUT2D eigenvalue weighted by atomic mass is 10.2. The number of aromatic nitrogens is 3. The quantitative estimate of drug-likeness (QED) is 0.455. The van der Waals surface area contributed by atoms with Crippen LogP contribution in [-0.2, 0) is 6.54 Å². The second kappa shape index (κ2) is 5.37. The fourth-order valence-electron chi connectivity index (χ4n) is 1.94. The number of rotatable bonds is 4. The number of benzene rings is 1. The topological polar surface area (TPSA) is 85.4 Å². The Kier molecular flexibility index (Phi) is 3.41. The summed E-state index contributed by atoms with van der Waals surface area (Å²) in [7, 11) is 0. The predicted molar refractivity (Wildman–Crippen MR) is 78.4 cm³/mol. The maximum Gasteiger partial charge on any atom is 0.269 e. The number of nitrogens with zero attached hydrogens (tertiary/aromatic N) is 4. The molecule has 0 radical (unpaired) electrons. The minimum Gasteiger partial charge on any atom is -0.366 e. The van der Waals surface area contributed by atoms with E-state index < -0.39 is 4.92 Å². The Labute approximate surface area is 124 Å². The molecular weight excluding hydrogens is 294 g/mol. The SMILES string of the molecule is O=[N+]([O-])c1ccc(CNc2cc(Cl)nc3ccnn23)cc1. The van der Waals surface area contributed by atoms with Gasteiger partial charge in [0.15, 0.2) is 5.65 Å². The number of nitro benzene ring substituents is 1. The van der Waals surface area contributed by atoms with Gasteiger partial charge in [0, 0.05) is 30.8 Å². The van der Waals surface area contributed by atoms with Crippen LogP contribution in [0.1, 0.15) is 5.56 Å². The Morgan fingerprint density at radius 2 is 2.05 bits per heavy atom. The number of nitrogens with one attached hydrogen (secondary N) is 1. The lowest BCUT2D eigenvalue weighted by Crippen LogP contribution is -2.06. The Hall–Kier alpha value is -2.67. The van der Waals surface area contributed by atoms with Crippen LogP contribution in [0.4, 0.5) is 11.5 Å². The first-order chi connectivity index (χ1) is 10.1. The summed E-state index contributed by atoms with van der Waals surface area (Å²) in [5.41, 5.74) is 1.63. The van der Waals surface area contributed by atoms with Crippen LogP contribution in [-0.4, -0.2) is 19.5 Å². The number of non-ortho nitro benzene ring substituents is 1. The maximum absolute atomic E-state index is 10.6. The van der Waals surface area contributed by atoms with E-state index in [2.05, 4.69) is 15.4 Å². The molecule has 0 amide bonds. The number of hydrogen-bond acceptors (Lipinski definition) is 5. The molecule has 1 N–H and O–H groups in total. The van der Waals surface area contributed by atoms with Gasteiger partial charge < -0.3 is 5.32 Å². The fraction of sp³-hybridized carbons (Fsp3) is 0.0769. The van der Waals surface area contributed by atoms with Crippen LogP contribution in [0.25, 0.3) is 5.65 Å². The zero-order chi connectivity index (χ0) is 14.8. The Morgan fingerprint density at radius 3 is 2.76 bits per heavy atom. The van der Waals surface area contributed by atoms with Crippen LogP contribution in [0.15, 0.2) is 42.6 Å². The number of anilines is 1. The molecule has 106 valence electrons. The van der Waals surface area contributed by atoms with Crippen LogP contribution in [0, 0.1) is 10.1 Å². The van der Waals surface area contributed by atoms with Gasteiger partial charge in [-0.15, -0.1) is 0 Å². The third-order valence-electron chi connectivity index (χ3n) is 2.95. The van der Waals surface area contributed by atoms with Gasteiger partial charge in [0.25, 0.3) is 5.69 Å². The van der Waals surface area contributed by atoms with Gasteiger partial charge in [-0.25, -0.2) is 4.98 Å². The standard InChI is InChI=1S/C13H10ClN5O2/c14-11-7-13(18-12(17-11)5-6-16-18)15-8-9-1-3-10(4-2-9)19(20)21/h1-7,15H,8H2. The van der Waals surface area contributed by atoms with Crippen molar-refractivity contribution in [3.8, 4) is 0 Å². The van der Waals surface area contributed by atoms with Crippen molar-refractivity contribution in [3.63, 3.8) is 0 Å². The minimum absolute atomic E-state index is 0.0696. The largest absolute Gasteiger partial charge is 0.366 e.